The molecule has 1 aliphatic heterocycles. The first kappa shape index (κ1) is 10.4. The normalized spacial score (nSPS) is 21.0. The topological polar surface area (TPSA) is 29.5 Å². The van der Waals surface area contributed by atoms with Crippen molar-refractivity contribution in [2.45, 2.75) is 25.4 Å². The highest BCUT2D eigenvalue weighted by molar-refractivity contribution is 6.27. The first-order chi connectivity index (χ1) is 7.33. The lowest BCUT2D eigenvalue weighted by Crippen LogP contribution is -2.46. The van der Waals surface area contributed by atoms with Crippen molar-refractivity contribution in [2.75, 3.05) is 0 Å². The summed E-state index contributed by atoms with van der Waals surface area (Å²) in [7, 11) is -0.549. The van der Waals surface area contributed by atoms with Crippen molar-refractivity contribution in [3.8, 4) is 0 Å². The fourth-order valence-corrected chi connectivity index (χ4v) is 2.38. The van der Waals surface area contributed by atoms with E-state index in [0.717, 1.165) is 6.04 Å². The number of benzene rings is 1. The van der Waals surface area contributed by atoms with Gasteiger partial charge in [-0.25, -0.2) is 5.06 Å². The van der Waals surface area contributed by atoms with Gasteiger partial charge in [0.05, 0.1) is 12.5 Å². The lowest BCUT2D eigenvalue weighted by molar-refractivity contribution is -0.191. The highest BCUT2D eigenvalue weighted by atomic mass is 28.2. The predicted molar refractivity (Wildman–Crippen MR) is 60.8 cm³/mol. The molecule has 1 aliphatic rings. The van der Waals surface area contributed by atoms with E-state index in [2.05, 4.69) is 6.92 Å². The van der Waals surface area contributed by atoms with Gasteiger partial charge in [0.15, 0.2) is 9.76 Å². The van der Waals surface area contributed by atoms with Crippen molar-refractivity contribution < 1.29 is 9.32 Å². The number of amides is 1. The summed E-state index contributed by atoms with van der Waals surface area (Å²) in [5, 5.41) is 1.56. The van der Waals surface area contributed by atoms with E-state index in [-0.39, 0.29) is 11.9 Å². The van der Waals surface area contributed by atoms with Gasteiger partial charge in [0.25, 0.3) is 0 Å². The number of carbonyl (C=O) groups is 1. The van der Waals surface area contributed by atoms with Gasteiger partial charge in [0.2, 0.25) is 5.91 Å². The minimum absolute atomic E-state index is 0.116. The molecule has 0 spiro atoms. The zero-order chi connectivity index (χ0) is 10.7. The number of hydrogen-bond acceptors (Lipinski definition) is 2. The van der Waals surface area contributed by atoms with Gasteiger partial charge in [-0.1, -0.05) is 37.3 Å². The Kier molecular flexibility index (Phi) is 3.18. The minimum Gasteiger partial charge on any atom is -0.325 e. The van der Waals surface area contributed by atoms with Crippen molar-refractivity contribution in [1.82, 2.24) is 5.06 Å². The Hall–Kier alpha value is -1.13. The predicted octanol–water partition coefficient (Wildman–Crippen LogP) is 1.41. The molecule has 1 fully saturated rings. The number of hydrogen-bond donors (Lipinski definition) is 0. The Morgan fingerprint density at radius 1 is 1.47 bits per heavy atom. The third kappa shape index (κ3) is 2.10. The smallest absolute Gasteiger partial charge is 0.248 e. The maximum atomic E-state index is 11.3. The molecule has 0 radical (unpaired) electrons. The molecule has 0 aromatic heterocycles. The molecule has 1 unspecified atom stereocenters. The number of hydroxylamine groups is 2. The lowest BCUT2D eigenvalue weighted by Gasteiger charge is -2.39. The zero-order valence-electron chi connectivity index (χ0n) is 8.85. The van der Waals surface area contributed by atoms with E-state index in [1.807, 2.05) is 30.3 Å². The van der Waals surface area contributed by atoms with E-state index in [0.29, 0.717) is 6.42 Å². The molecule has 0 saturated carbocycles. The van der Waals surface area contributed by atoms with Gasteiger partial charge < -0.3 is 4.53 Å². The number of nitrogens with zero attached hydrogens (tertiary/aromatic N) is 1. The van der Waals surface area contributed by atoms with E-state index in [4.69, 9.17) is 4.53 Å². The number of carbonyl (C=O) groups excluding carboxylic acids is 1. The molecular weight excluding hydrogens is 206 g/mol. The fourth-order valence-electron chi connectivity index (χ4n) is 1.68. The van der Waals surface area contributed by atoms with Gasteiger partial charge in [-0.15, -0.1) is 0 Å². The highest BCUT2D eigenvalue weighted by Crippen LogP contribution is 2.34. The average Bonchev–Trinajstić information content (AvgIpc) is 2.27. The Balaban J connectivity index is 2.02. The molecule has 3 nitrogen and oxygen atoms in total. The van der Waals surface area contributed by atoms with Crippen LogP contribution in [-0.2, 0) is 9.32 Å². The van der Waals surface area contributed by atoms with E-state index in [1.165, 1.54) is 5.56 Å². The van der Waals surface area contributed by atoms with Crippen molar-refractivity contribution in [3.63, 3.8) is 0 Å². The summed E-state index contributed by atoms with van der Waals surface area (Å²) in [5.41, 5.74) is 1.17. The van der Waals surface area contributed by atoms with E-state index < -0.39 is 9.76 Å². The number of rotatable bonds is 4. The molecular formula is C11H15NO2Si. The van der Waals surface area contributed by atoms with Gasteiger partial charge in [0, 0.05) is 0 Å². The molecule has 0 N–H and O–H groups in total. The van der Waals surface area contributed by atoms with E-state index in [9.17, 15) is 4.79 Å². The third-order valence-electron chi connectivity index (χ3n) is 2.52. The van der Waals surface area contributed by atoms with Crippen LogP contribution in [0.25, 0.3) is 0 Å². The average molecular weight is 221 g/mol. The maximum Gasteiger partial charge on any atom is 0.248 e. The van der Waals surface area contributed by atoms with Crippen molar-refractivity contribution in [2.24, 2.45) is 0 Å². The molecule has 4 heteroatoms. The molecule has 0 aliphatic carbocycles. The van der Waals surface area contributed by atoms with E-state index >= 15 is 0 Å². The van der Waals surface area contributed by atoms with Crippen LogP contribution in [0.4, 0.5) is 0 Å². The molecule has 80 valence electrons. The second-order valence-electron chi connectivity index (χ2n) is 3.68. The lowest BCUT2D eigenvalue weighted by atomic mass is 9.97. The van der Waals surface area contributed by atoms with Crippen LogP contribution >= 0.6 is 0 Å². The molecule has 0 bridgehead atoms. The summed E-state index contributed by atoms with van der Waals surface area (Å²) < 4.78 is 5.53. The van der Waals surface area contributed by atoms with Crippen molar-refractivity contribution >= 4 is 15.7 Å². The van der Waals surface area contributed by atoms with Crippen molar-refractivity contribution in [1.29, 1.82) is 0 Å². The summed E-state index contributed by atoms with van der Waals surface area (Å²) in [6, 6.07) is 11.3. The van der Waals surface area contributed by atoms with Crippen LogP contribution in [0.2, 0.25) is 6.04 Å². The molecule has 1 aromatic rings. The van der Waals surface area contributed by atoms with Gasteiger partial charge in [-0.3, -0.25) is 4.79 Å². The minimum atomic E-state index is -0.549. The molecule has 1 atom stereocenters. The Morgan fingerprint density at radius 3 is 2.80 bits per heavy atom. The molecule has 1 amide bonds. The van der Waals surface area contributed by atoms with E-state index in [1.54, 1.807) is 5.06 Å². The van der Waals surface area contributed by atoms with Gasteiger partial charge >= 0.3 is 0 Å². The molecule has 15 heavy (non-hydrogen) atoms. The summed E-state index contributed by atoms with van der Waals surface area (Å²) in [4.78, 5) is 11.3. The quantitative estimate of drug-likeness (QED) is 0.568. The van der Waals surface area contributed by atoms with Gasteiger partial charge in [0.1, 0.15) is 0 Å². The largest absolute Gasteiger partial charge is 0.325 e. The Bertz CT molecular complexity index is 342. The summed E-state index contributed by atoms with van der Waals surface area (Å²) >= 11 is 0. The second kappa shape index (κ2) is 4.59. The van der Waals surface area contributed by atoms with Crippen LogP contribution in [0.1, 0.15) is 24.9 Å². The van der Waals surface area contributed by atoms with Crippen LogP contribution in [-0.4, -0.2) is 20.7 Å². The van der Waals surface area contributed by atoms with Crippen LogP contribution in [0, 0.1) is 0 Å². The summed E-state index contributed by atoms with van der Waals surface area (Å²) in [5.74, 6) is 0.116. The van der Waals surface area contributed by atoms with Crippen LogP contribution in [0.5, 0.6) is 0 Å². The summed E-state index contributed by atoms with van der Waals surface area (Å²) in [6.07, 6.45) is 0.585. The van der Waals surface area contributed by atoms with Gasteiger partial charge in [-0.2, -0.15) is 0 Å². The van der Waals surface area contributed by atoms with Crippen LogP contribution < -0.4 is 0 Å². The van der Waals surface area contributed by atoms with Crippen LogP contribution in [0.15, 0.2) is 30.3 Å². The highest BCUT2D eigenvalue weighted by Gasteiger charge is 2.37. The SMILES string of the molecule is CC[SiH2]ON1C(=O)CC1c1ccccc1. The summed E-state index contributed by atoms with van der Waals surface area (Å²) in [6.45, 7) is 2.09. The monoisotopic (exact) mass is 221 g/mol. The Morgan fingerprint density at radius 2 is 2.20 bits per heavy atom. The van der Waals surface area contributed by atoms with Crippen molar-refractivity contribution in [3.05, 3.63) is 35.9 Å². The molecule has 1 aromatic carbocycles. The first-order valence-electron chi connectivity index (χ1n) is 5.33. The Labute approximate surface area is 91.9 Å². The fraction of sp³-hybridized carbons (Fsp3) is 0.364. The zero-order valence-corrected chi connectivity index (χ0v) is 10.3. The standard InChI is InChI=1S/C11H15NO2Si/c1-2-15-14-12-10(8-11(12)13)9-6-4-3-5-7-9/h3-7,10H,2,8,15H2,1H3. The number of β-lactam (4-membered cyclic amide) rings is 1. The maximum absolute atomic E-state index is 11.3. The second-order valence-corrected chi connectivity index (χ2v) is 5.35. The third-order valence-corrected chi connectivity index (χ3v) is 3.38. The van der Waals surface area contributed by atoms with Crippen LogP contribution in [0.3, 0.4) is 0 Å². The molecule has 1 saturated heterocycles. The molecule has 2 rings (SSSR count). The molecule has 1 heterocycles. The van der Waals surface area contributed by atoms with Gasteiger partial charge in [-0.05, 0) is 11.6 Å². The first-order valence-corrected chi connectivity index (χ1v) is 6.90.